The van der Waals surface area contributed by atoms with Crippen LogP contribution in [0.15, 0.2) is 24.3 Å². The summed E-state index contributed by atoms with van der Waals surface area (Å²) >= 11 is 0. The molecule has 0 radical (unpaired) electrons. The molecular formula is C16H21NO2. The molecule has 2 atom stereocenters. The van der Waals surface area contributed by atoms with Crippen LogP contribution in [0.2, 0.25) is 0 Å². The number of carbonyl (C=O) groups excluding carboxylic acids is 2. The van der Waals surface area contributed by atoms with Gasteiger partial charge in [-0.3, -0.25) is 9.59 Å². The van der Waals surface area contributed by atoms with Gasteiger partial charge in [-0.05, 0) is 24.8 Å². The monoisotopic (exact) mass is 259 g/mol. The third-order valence-corrected chi connectivity index (χ3v) is 4.42. The fraction of sp³-hybridized carbons (Fsp3) is 0.500. The molecule has 1 saturated heterocycles. The van der Waals surface area contributed by atoms with E-state index in [0.29, 0.717) is 18.6 Å². The van der Waals surface area contributed by atoms with Crippen molar-refractivity contribution in [3.63, 3.8) is 0 Å². The summed E-state index contributed by atoms with van der Waals surface area (Å²) in [5.41, 5.74) is 2.42. The van der Waals surface area contributed by atoms with E-state index < -0.39 is 0 Å². The first-order valence-corrected chi connectivity index (χ1v) is 6.79. The van der Waals surface area contributed by atoms with E-state index in [-0.39, 0.29) is 17.2 Å². The van der Waals surface area contributed by atoms with Crippen molar-refractivity contribution >= 4 is 12.1 Å². The standard InChI is InChI=1S/C16H21NO2/c1-11(2)16(13-6-4-12(3)5-7-13)8-14(17-10-16)15(19)9-18/h4-7,9,11,14,17H,8,10H2,1-3H3. The van der Waals surface area contributed by atoms with Crippen molar-refractivity contribution in [1.29, 1.82) is 0 Å². The molecule has 3 nitrogen and oxygen atoms in total. The second kappa shape index (κ2) is 5.25. The van der Waals surface area contributed by atoms with Gasteiger partial charge in [-0.15, -0.1) is 0 Å². The van der Waals surface area contributed by atoms with Crippen LogP contribution in [0.1, 0.15) is 31.4 Å². The van der Waals surface area contributed by atoms with Gasteiger partial charge in [0.25, 0.3) is 0 Å². The smallest absolute Gasteiger partial charge is 0.212 e. The predicted octanol–water partition coefficient (Wildman–Crippen LogP) is 2.02. The van der Waals surface area contributed by atoms with Crippen LogP contribution in [0.4, 0.5) is 0 Å². The van der Waals surface area contributed by atoms with E-state index in [1.165, 1.54) is 11.1 Å². The molecule has 1 N–H and O–H groups in total. The van der Waals surface area contributed by atoms with Gasteiger partial charge in [-0.1, -0.05) is 43.7 Å². The third kappa shape index (κ3) is 2.47. The summed E-state index contributed by atoms with van der Waals surface area (Å²) in [6.07, 6.45) is 1.13. The maximum Gasteiger partial charge on any atom is 0.212 e. The minimum absolute atomic E-state index is 0.0585. The number of rotatable bonds is 4. The summed E-state index contributed by atoms with van der Waals surface area (Å²) < 4.78 is 0. The second-order valence-corrected chi connectivity index (χ2v) is 5.83. The molecule has 0 aromatic heterocycles. The van der Waals surface area contributed by atoms with Crippen LogP contribution in [-0.2, 0) is 15.0 Å². The first-order valence-electron chi connectivity index (χ1n) is 6.79. The molecule has 1 aromatic rings. The number of hydrogen-bond acceptors (Lipinski definition) is 3. The molecule has 0 bridgehead atoms. The number of nitrogens with one attached hydrogen (secondary N) is 1. The highest BCUT2D eigenvalue weighted by molar-refractivity contribution is 6.27. The molecule has 2 unspecified atom stereocenters. The number of aldehydes is 1. The van der Waals surface area contributed by atoms with Gasteiger partial charge in [0.05, 0.1) is 6.04 Å². The first-order chi connectivity index (χ1) is 8.99. The van der Waals surface area contributed by atoms with E-state index in [2.05, 4.69) is 50.4 Å². The van der Waals surface area contributed by atoms with Gasteiger partial charge in [0, 0.05) is 12.0 Å². The fourth-order valence-electron chi connectivity index (χ4n) is 2.98. The zero-order valence-electron chi connectivity index (χ0n) is 11.8. The maximum atomic E-state index is 11.6. The SMILES string of the molecule is Cc1ccc(C2(C(C)C)CNC(C(=O)C=O)C2)cc1. The van der Waals surface area contributed by atoms with Crippen molar-refractivity contribution in [3.8, 4) is 0 Å². The quantitative estimate of drug-likeness (QED) is 0.664. The van der Waals surface area contributed by atoms with Gasteiger partial charge in [0.2, 0.25) is 5.78 Å². The fourth-order valence-corrected chi connectivity index (χ4v) is 2.98. The van der Waals surface area contributed by atoms with E-state index in [9.17, 15) is 9.59 Å². The van der Waals surface area contributed by atoms with Gasteiger partial charge >= 0.3 is 0 Å². The van der Waals surface area contributed by atoms with Crippen LogP contribution >= 0.6 is 0 Å². The van der Waals surface area contributed by atoms with E-state index in [1.807, 2.05) is 0 Å². The van der Waals surface area contributed by atoms with E-state index in [1.54, 1.807) is 0 Å². The molecule has 1 aromatic carbocycles. The number of hydrogen-bond donors (Lipinski definition) is 1. The Balaban J connectivity index is 2.33. The van der Waals surface area contributed by atoms with Crippen molar-refractivity contribution < 1.29 is 9.59 Å². The molecule has 2 rings (SSSR count). The third-order valence-electron chi connectivity index (χ3n) is 4.42. The van der Waals surface area contributed by atoms with E-state index in [4.69, 9.17) is 0 Å². The van der Waals surface area contributed by atoms with Crippen molar-refractivity contribution in [1.82, 2.24) is 5.32 Å². The average molecular weight is 259 g/mol. The molecule has 1 heterocycles. The minimum Gasteiger partial charge on any atom is -0.306 e. The number of benzene rings is 1. The highest BCUT2D eigenvalue weighted by Gasteiger charge is 2.44. The maximum absolute atomic E-state index is 11.6. The van der Waals surface area contributed by atoms with Crippen LogP contribution < -0.4 is 5.32 Å². The summed E-state index contributed by atoms with van der Waals surface area (Å²) in [7, 11) is 0. The van der Waals surface area contributed by atoms with Crippen LogP contribution in [0.25, 0.3) is 0 Å². The molecule has 1 fully saturated rings. The van der Waals surface area contributed by atoms with Crippen LogP contribution in [0.5, 0.6) is 0 Å². The molecule has 102 valence electrons. The van der Waals surface area contributed by atoms with Gasteiger partial charge in [0.1, 0.15) is 0 Å². The topological polar surface area (TPSA) is 46.2 Å². The summed E-state index contributed by atoms with van der Waals surface area (Å²) in [6, 6.07) is 8.17. The number of aryl methyl sites for hydroxylation is 1. The van der Waals surface area contributed by atoms with Crippen LogP contribution in [-0.4, -0.2) is 24.7 Å². The highest BCUT2D eigenvalue weighted by Crippen LogP contribution is 2.40. The molecule has 0 amide bonds. The van der Waals surface area contributed by atoms with Crippen molar-refractivity contribution in [2.24, 2.45) is 5.92 Å². The summed E-state index contributed by atoms with van der Waals surface area (Å²) in [4.78, 5) is 22.2. The zero-order chi connectivity index (χ0) is 14.0. The number of carbonyl (C=O) groups is 2. The molecule has 3 heteroatoms. The summed E-state index contributed by atoms with van der Waals surface area (Å²) in [5, 5.41) is 3.21. The largest absolute Gasteiger partial charge is 0.306 e. The highest BCUT2D eigenvalue weighted by atomic mass is 16.2. The van der Waals surface area contributed by atoms with Gasteiger partial charge < -0.3 is 5.32 Å². The predicted molar refractivity (Wildman–Crippen MR) is 75.2 cm³/mol. The number of Topliss-reactive ketones (excluding diaryl/α,β-unsaturated/α-hetero) is 1. The lowest BCUT2D eigenvalue weighted by atomic mass is 9.70. The van der Waals surface area contributed by atoms with Crippen LogP contribution in [0, 0.1) is 12.8 Å². The Hall–Kier alpha value is -1.48. The molecule has 0 aliphatic carbocycles. The average Bonchev–Trinajstić information content (AvgIpc) is 2.85. The van der Waals surface area contributed by atoms with Gasteiger partial charge in [-0.25, -0.2) is 0 Å². The second-order valence-electron chi connectivity index (χ2n) is 5.83. The Morgan fingerprint density at radius 1 is 1.37 bits per heavy atom. The lowest BCUT2D eigenvalue weighted by Crippen LogP contribution is -2.34. The Kier molecular flexibility index (Phi) is 3.85. The van der Waals surface area contributed by atoms with Crippen molar-refractivity contribution in [3.05, 3.63) is 35.4 Å². The Morgan fingerprint density at radius 3 is 2.53 bits per heavy atom. The summed E-state index contributed by atoms with van der Waals surface area (Å²) in [6.45, 7) is 7.17. The lowest BCUT2D eigenvalue weighted by molar-refractivity contribution is -0.131. The Morgan fingerprint density at radius 2 is 2.00 bits per heavy atom. The summed E-state index contributed by atoms with van der Waals surface area (Å²) in [5.74, 6) is 0.0711. The normalized spacial score (nSPS) is 26.6. The molecule has 1 aliphatic rings. The first kappa shape index (κ1) is 13.9. The lowest BCUT2D eigenvalue weighted by Gasteiger charge is -2.33. The number of ketones is 1. The Labute approximate surface area is 114 Å². The van der Waals surface area contributed by atoms with Gasteiger partial charge in [0.15, 0.2) is 6.29 Å². The van der Waals surface area contributed by atoms with Gasteiger partial charge in [-0.2, -0.15) is 0 Å². The molecule has 0 saturated carbocycles. The van der Waals surface area contributed by atoms with Crippen molar-refractivity contribution in [2.45, 2.75) is 38.6 Å². The Bertz CT molecular complexity index is 478. The molecule has 1 aliphatic heterocycles. The molecular weight excluding hydrogens is 238 g/mol. The van der Waals surface area contributed by atoms with Crippen molar-refractivity contribution in [2.75, 3.05) is 6.54 Å². The zero-order valence-corrected chi connectivity index (χ0v) is 11.8. The van der Waals surface area contributed by atoms with E-state index in [0.717, 1.165) is 6.54 Å². The minimum atomic E-state index is -0.338. The molecule has 19 heavy (non-hydrogen) atoms. The molecule has 0 spiro atoms. The van der Waals surface area contributed by atoms with Crippen LogP contribution in [0.3, 0.4) is 0 Å². The van der Waals surface area contributed by atoms with E-state index >= 15 is 0 Å².